The van der Waals surface area contributed by atoms with Gasteiger partial charge in [-0.15, -0.1) is 12.4 Å². The van der Waals surface area contributed by atoms with Crippen LogP contribution in [0.4, 0.5) is 13.2 Å². The largest absolute Gasteiger partial charge is 0.416 e. The molecule has 2 aliphatic rings. The summed E-state index contributed by atoms with van der Waals surface area (Å²) in [5, 5.41) is 3.41. The van der Waals surface area contributed by atoms with E-state index in [1.807, 2.05) is 11.8 Å². The van der Waals surface area contributed by atoms with E-state index in [1.165, 1.54) is 6.07 Å². The number of amides is 1. The number of fused-ring (bicyclic) bond motifs is 1. The molecule has 26 heavy (non-hydrogen) atoms. The Morgan fingerprint density at radius 1 is 1.23 bits per heavy atom. The second kappa shape index (κ2) is 8.61. The Kier molecular flexibility index (Phi) is 6.97. The van der Waals surface area contributed by atoms with Gasteiger partial charge in [0.25, 0.3) is 0 Å². The molecule has 0 radical (unpaired) electrons. The minimum absolute atomic E-state index is 0. The zero-order chi connectivity index (χ0) is 18.0. The Bertz CT molecular complexity index is 609. The van der Waals surface area contributed by atoms with Crippen molar-refractivity contribution >= 4 is 18.3 Å². The number of halogens is 4. The first kappa shape index (κ1) is 21.0. The van der Waals surface area contributed by atoms with E-state index < -0.39 is 11.7 Å². The van der Waals surface area contributed by atoms with Gasteiger partial charge in [0.1, 0.15) is 0 Å². The Labute approximate surface area is 158 Å². The van der Waals surface area contributed by atoms with Gasteiger partial charge in [0, 0.05) is 19.0 Å². The lowest BCUT2D eigenvalue weighted by Crippen LogP contribution is -2.37. The van der Waals surface area contributed by atoms with E-state index in [2.05, 4.69) is 5.32 Å². The van der Waals surface area contributed by atoms with Gasteiger partial charge in [-0.1, -0.05) is 25.1 Å². The Balaban J connectivity index is 0.00000243. The molecule has 2 fully saturated rings. The fourth-order valence-corrected chi connectivity index (χ4v) is 4.07. The molecular formula is C19H26ClF3N2O. The van der Waals surface area contributed by atoms with Gasteiger partial charge in [-0.2, -0.15) is 13.2 Å². The van der Waals surface area contributed by atoms with Crippen molar-refractivity contribution in [2.24, 2.45) is 17.8 Å². The Morgan fingerprint density at radius 2 is 1.85 bits per heavy atom. The van der Waals surface area contributed by atoms with Gasteiger partial charge in [-0.3, -0.25) is 4.79 Å². The summed E-state index contributed by atoms with van der Waals surface area (Å²) < 4.78 is 38.5. The number of hydrogen-bond acceptors (Lipinski definition) is 2. The fraction of sp³-hybridized carbons (Fsp3) is 0.632. The van der Waals surface area contributed by atoms with Crippen LogP contribution < -0.4 is 5.32 Å². The van der Waals surface area contributed by atoms with Crippen LogP contribution in [0.25, 0.3) is 0 Å². The highest BCUT2D eigenvalue weighted by atomic mass is 35.5. The van der Waals surface area contributed by atoms with Crippen LogP contribution in [-0.4, -0.2) is 37.0 Å². The molecule has 7 heteroatoms. The topological polar surface area (TPSA) is 32.3 Å². The maximum Gasteiger partial charge on any atom is 0.416 e. The summed E-state index contributed by atoms with van der Waals surface area (Å²) in [4.78, 5) is 14.7. The number of rotatable bonds is 3. The zero-order valence-electron chi connectivity index (χ0n) is 14.9. The first-order chi connectivity index (χ1) is 11.8. The van der Waals surface area contributed by atoms with Crippen LogP contribution in [0.2, 0.25) is 0 Å². The smallest absolute Gasteiger partial charge is 0.342 e. The highest BCUT2D eigenvalue weighted by Gasteiger charge is 2.33. The molecule has 0 aromatic heterocycles. The van der Waals surface area contributed by atoms with Crippen LogP contribution in [0, 0.1) is 17.8 Å². The maximum atomic E-state index is 12.8. The number of carbonyl (C=O) groups is 1. The molecule has 1 N–H and O–H groups in total. The normalized spacial score (nSPS) is 24.4. The van der Waals surface area contributed by atoms with E-state index >= 15 is 0 Å². The molecule has 2 heterocycles. The summed E-state index contributed by atoms with van der Waals surface area (Å²) in [6.45, 7) is 5.40. The monoisotopic (exact) mass is 390 g/mol. The van der Waals surface area contributed by atoms with Crippen LogP contribution in [0.1, 0.15) is 30.9 Å². The molecule has 1 aromatic carbocycles. The predicted molar refractivity (Wildman–Crippen MR) is 97.2 cm³/mol. The number of benzene rings is 1. The molecule has 2 saturated heterocycles. The SMILES string of the molecule is CC(Cc1cccc(C(F)(F)F)c1)C(=O)N1CC[C@@H]2CNC[C@@H]2CC1.Cl. The molecule has 1 unspecified atom stereocenters. The van der Waals surface area contributed by atoms with Gasteiger partial charge in [0.2, 0.25) is 5.91 Å². The predicted octanol–water partition coefficient (Wildman–Crippen LogP) is 3.76. The highest BCUT2D eigenvalue weighted by molar-refractivity contribution is 5.85. The lowest BCUT2D eigenvalue weighted by Gasteiger charge is -2.25. The number of hydrogen-bond donors (Lipinski definition) is 1. The van der Waals surface area contributed by atoms with Crippen LogP contribution in [0.15, 0.2) is 24.3 Å². The summed E-state index contributed by atoms with van der Waals surface area (Å²) in [6, 6.07) is 5.30. The molecule has 3 nitrogen and oxygen atoms in total. The number of alkyl halides is 3. The van der Waals surface area contributed by atoms with Gasteiger partial charge in [-0.05, 0) is 55.8 Å². The molecular weight excluding hydrogens is 365 g/mol. The molecule has 2 aliphatic heterocycles. The third kappa shape index (κ3) is 4.92. The van der Waals surface area contributed by atoms with Crippen LogP contribution in [0.3, 0.4) is 0 Å². The number of nitrogens with one attached hydrogen (secondary N) is 1. The van der Waals surface area contributed by atoms with Crippen molar-refractivity contribution in [2.45, 2.75) is 32.4 Å². The van der Waals surface area contributed by atoms with Crippen molar-refractivity contribution in [1.29, 1.82) is 0 Å². The van der Waals surface area contributed by atoms with Gasteiger partial charge in [-0.25, -0.2) is 0 Å². The van der Waals surface area contributed by atoms with Crippen LogP contribution >= 0.6 is 12.4 Å². The molecule has 146 valence electrons. The number of carbonyl (C=O) groups excluding carboxylic acids is 1. The molecule has 0 saturated carbocycles. The second-order valence-corrected chi connectivity index (χ2v) is 7.38. The molecule has 1 aromatic rings. The Morgan fingerprint density at radius 3 is 2.42 bits per heavy atom. The summed E-state index contributed by atoms with van der Waals surface area (Å²) >= 11 is 0. The average molecular weight is 391 g/mol. The van der Waals surface area contributed by atoms with E-state index in [0.29, 0.717) is 23.8 Å². The minimum atomic E-state index is -4.35. The van der Waals surface area contributed by atoms with Crippen molar-refractivity contribution in [3.8, 4) is 0 Å². The van der Waals surface area contributed by atoms with Gasteiger partial charge < -0.3 is 10.2 Å². The first-order valence-electron chi connectivity index (χ1n) is 9.00. The molecule has 3 rings (SSSR count). The number of likely N-dealkylation sites (tertiary alicyclic amines) is 1. The number of nitrogens with zero attached hydrogens (tertiary/aromatic N) is 1. The van der Waals surface area contributed by atoms with E-state index in [4.69, 9.17) is 0 Å². The minimum Gasteiger partial charge on any atom is -0.342 e. The summed E-state index contributed by atoms with van der Waals surface area (Å²) in [5.41, 5.74) is -0.0914. The molecule has 3 atom stereocenters. The molecule has 0 aliphatic carbocycles. The molecule has 0 bridgehead atoms. The fourth-order valence-electron chi connectivity index (χ4n) is 4.07. The van der Waals surface area contributed by atoms with Crippen molar-refractivity contribution in [3.05, 3.63) is 35.4 Å². The third-order valence-corrected chi connectivity index (χ3v) is 5.55. The van der Waals surface area contributed by atoms with E-state index in [9.17, 15) is 18.0 Å². The van der Waals surface area contributed by atoms with Gasteiger partial charge >= 0.3 is 6.18 Å². The standard InChI is InChI=1S/C19H25F3N2O.ClH/c1-13(9-14-3-2-4-17(10-14)19(20,21)22)18(25)24-7-5-15-11-23-12-16(15)6-8-24;/h2-4,10,13,15-16,23H,5-9,11-12H2,1H3;1H/t13?,15-,16+;. The summed E-state index contributed by atoms with van der Waals surface area (Å²) in [5.74, 6) is 1.05. The van der Waals surface area contributed by atoms with Gasteiger partial charge in [0.15, 0.2) is 0 Å². The molecule has 1 amide bonds. The maximum absolute atomic E-state index is 12.8. The van der Waals surface area contributed by atoms with E-state index in [1.54, 1.807) is 6.07 Å². The lowest BCUT2D eigenvalue weighted by atomic mass is 9.92. The zero-order valence-corrected chi connectivity index (χ0v) is 15.7. The average Bonchev–Trinajstić information content (AvgIpc) is 2.92. The van der Waals surface area contributed by atoms with Crippen LogP contribution in [0.5, 0.6) is 0 Å². The van der Waals surface area contributed by atoms with Crippen LogP contribution in [-0.2, 0) is 17.4 Å². The van der Waals surface area contributed by atoms with Crippen molar-refractivity contribution in [1.82, 2.24) is 10.2 Å². The van der Waals surface area contributed by atoms with Crippen molar-refractivity contribution in [3.63, 3.8) is 0 Å². The summed E-state index contributed by atoms with van der Waals surface area (Å²) in [6.07, 6.45) is -1.98. The van der Waals surface area contributed by atoms with Gasteiger partial charge in [0.05, 0.1) is 5.56 Å². The quantitative estimate of drug-likeness (QED) is 0.852. The Hall–Kier alpha value is -1.27. The first-order valence-corrected chi connectivity index (χ1v) is 9.00. The van der Waals surface area contributed by atoms with Crippen molar-refractivity contribution in [2.75, 3.05) is 26.2 Å². The lowest BCUT2D eigenvalue weighted by molar-refractivity contribution is -0.137. The third-order valence-electron chi connectivity index (χ3n) is 5.55. The van der Waals surface area contributed by atoms with E-state index in [0.717, 1.165) is 51.2 Å². The van der Waals surface area contributed by atoms with Crippen molar-refractivity contribution < 1.29 is 18.0 Å². The van der Waals surface area contributed by atoms with E-state index in [-0.39, 0.29) is 24.2 Å². The highest BCUT2D eigenvalue weighted by Crippen LogP contribution is 2.31. The second-order valence-electron chi connectivity index (χ2n) is 7.38. The molecule has 0 spiro atoms. The summed E-state index contributed by atoms with van der Waals surface area (Å²) in [7, 11) is 0.